The molecule has 21 heavy (non-hydrogen) atoms. The molecular weight excluding hydrogens is 310 g/mol. The van der Waals surface area contributed by atoms with E-state index in [-0.39, 0.29) is 11.4 Å². The average molecular weight is 332 g/mol. The first-order valence-corrected chi connectivity index (χ1v) is 9.52. The normalized spacial score (nSPS) is 23.0. The summed E-state index contributed by atoms with van der Waals surface area (Å²) in [5, 5.41) is 3.35. The second kappa shape index (κ2) is 6.99. The number of rotatable bonds is 5. The van der Waals surface area contributed by atoms with E-state index >= 15 is 0 Å². The van der Waals surface area contributed by atoms with Gasteiger partial charge < -0.3 is 10.1 Å². The van der Waals surface area contributed by atoms with Crippen LogP contribution >= 0.6 is 11.6 Å². The quantitative estimate of drug-likeness (QED) is 0.901. The average Bonchev–Trinajstić information content (AvgIpc) is 2.42. The van der Waals surface area contributed by atoms with Gasteiger partial charge in [0, 0.05) is 19.2 Å². The second-order valence-electron chi connectivity index (χ2n) is 5.65. The van der Waals surface area contributed by atoms with Gasteiger partial charge in [-0.3, -0.25) is 0 Å². The van der Waals surface area contributed by atoms with Gasteiger partial charge in [0.05, 0.1) is 10.3 Å². The zero-order valence-corrected chi connectivity index (χ0v) is 14.0. The minimum Gasteiger partial charge on any atom is -0.489 e. The van der Waals surface area contributed by atoms with Gasteiger partial charge in [0.15, 0.2) is 0 Å². The summed E-state index contributed by atoms with van der Waals surface area (Å²) in [5.74, 6) is 0.635. The molecule has 0 bridgehead atoms. The first-order chi connectivity index (χ1) is 9.90. The first kappa shape index (κ1) is 16.6. The number of sulfone groups is 1. The lowest BCUT2D eigenvalue weighted by Gasteiger charge is -2.28. The molecular formula is C15H22ClNO3S. The Morgan fingerprint density at radius 1 is 1.38 bits per heavy atom. The summed E-state index contributed by atoms with van der Waals surface area (Å²) in [6.07, 6.45) is 4.25. The van der Waals surface area contributed by atoms with Gasteiger partial charge in [-0.05, 0) is 44.0 Å². The summed E-state index contributed by atoms with van der Waals surface area (Å²) in [6, 6.07) is 5.71. The van der Waals surface area contributed by atoms with E-state index in [9.17, 15) is 8.42 Å². The third-order valence-electron chi connectivity index (χ3n) is 3.85. The van der Waals surface area contributed by atoms with E-state index < -0.39 is 9.84 Å². The van der Waals surface area contributed by atoms with Crippen molar-refractivity contribution in [1.82, 2.24) is 5.32 Å². The van der Waals surface area contributed by atoms with Crippen LogP contribution in [0.25, 0.3) is 0 Å². The van der Waals surface area contributed by atoms with Crippen molar-refractivity contribution in [2.75, 3.05) is 13.3 Å². The molecule has 1 aromatic rings. The van der Waals surface area contributed by atoms with Gasteiger partial charge in [0.2, 0.25) is 0 Å². The van der Waals surface area contributed by atoms with Crippen LogP contribution in [0.1, 0.15) is 31.2 Å². The second-order valence-corrected chi connectivity index (χ2v) is 8.39. The Balaban J connectivity index is 2.04. The molecule has 2 rings (SSSR count). The molecule has 2 atom stereocenters. The van der Waals surface area contributed by atoms with Crippen molar-refractivity contribution in [2.45, 2.75) is 43.6 Å². The Bertz CT molecular complexity index is 589. The van der Waals surface area contributed by atoms with Crippen LogP contribution in [-0.4, -0.2) is 33.1 Å². The maximum Gasteiger partial charge on any atom is 0.150 e. The summed E-state index contributed by atoms with van der Waals surface area (Å²) in [4.78, 5) is 0. The number of ether oxygens (including phenoxy) is 1. The molecule has 0 spiro atoms. The van der Waals surface area contributed by atoms with Crippen LogP contribution in [0.4, 0.5) is 0 Å². The molecule has 4 nitrogen and oxygen atoms in total. The van der Waals surface area contributed by atoms with Crippen molar-refractivity contribution in [3.05, 3.63) is 28.8 Å². The minimum atomic E-state index is -3.00. The highest BCUT2D eigenvalue weighted by atomic mass is 35.5. The predicted molar refractivity (Wildman–Crippen MR) is 85.7 cm³/mol. The monoisotopic (exact) mass is 331 g/mol. The Morgan fingerprint density at radius 2 is 2.14 bits per heavy atom. The van der Waals surface area contributed by atoms with Crippen molar-refractivity contribution in [3.8, 4) is 5.75 Å². The van der Waals surface area contributed by atoms with Crippen molar-refractivity contribution in [1.29, 1.82) is 0 Å². The molecule has 0 amide bonds. The van der Waals surface area contributed by atoms with Gasteiger partial charge in [-0.25, -0.2) is 8.42 Å². The van der Waals surface area contributed by atoms with Crippen LogP contribution < -0.4 is 10.1 Å². The summed E-state index contributed by atoms with van der Waals surface area (Å²) in [6.45, 7) is 0.750. The fraction of sp³-hybridized carbons (Fsp3) is 0.600. The topological polar surface area (TPSA) is 55.4 Å². The Hall–Kier alpha value is -0.780. The lowest BCUT2D eigenvalue weighted by molar-refractivity contribution is 0.156. The number of benzene rings is 1. The predicted octanol–water partition coefficient (Wildman–Crippen LogP) is 2.79. The lowest BCUT2D eigenvalue weighted by atomic mass is 9.97. The molecule has 0 saturated heterocycles. The van der Waals surface area contributed by atoms with Gasteiger partial charge in [-0.15, -0.1) is 0 Å². The molecule has 1 aliphatic carbocycles. The number of hydrogen-bond donors (Lipinski definition) is 1. The van der Waals surface area contributed by atoms with Gasteiger partial charge in [0.1, 0.15) is 21.7 Å². The minimum absolute atomic E-state index is 0.0777. The van der Waals surface area contributed by atoms with E-state index in [0.29, 0.717) is 17.2 Å². The molecule has 6 heteroatoms. The molecule has 2 unspecified atom stereocenters. The maximum atomic E-state index is 11.7. The Morgan fingerprint density at radius 3 is 2.76 bits per heavy atom. The maximum absolute atomic E-state index is 11.7. The molecule has 0 aliphatic heterocycles. The van der Waals surface area contributed by atoms with E-state index in [1.54, 1.807) is 0 Å². The molecule has 1 fully saturated rings. The molecule has 0 radical (unpaired) electrons. The third kappa shape index (κ3) is 4.59. The first-order valence-electron chi connectivity index (χ1n) is 7.18. The molecule has 118 valence electrons. The van der Waals surface area contributed by atoms with Crippen molar-refractivity contribution in [3.63, 3.8) is 0 Å². The van der Waals surface area contributed by atoms with Gasteiger partial charge in [-0.1, -0.05) is 17.7 Å². The summed E-state index contributed by atoms with van der Waals surface area (Å²) >= 11 is 6.24. The van der Waals surface area contributed by atoms with Gasteiger partial charge in [0.25, 0.3) is 0 Å². The standard InChI is InChI=1S/C15H22ClNO3S/c1-17-10-11-6-7-15(14(16)8-11)20-12-4-3-5-13(9-12)21(2,18)19/h6-8,12-13,17H,3-5,9-10H2,1-2H3. The SMILES string of the molecule is CNCc1ccc(OC2CCCC(S(C)(=O)=O)C2)c(Cl)c1. The fourth-order valence-electron chi connectivity index (χ4n) is 2.73. The zero-order chi connectivity index (χ0) is 15.5. The van der Waals surface area contributed by atoms with Crippen LogP contribution in [0, 0.1) is 0 Å². The van der Waals surface area contributed by atoms with E-state index in [2.05, 4.69) is 5.32 Å². The van der Waals surface area contributed by atoms with E-state index in [0.717, 1.165) is 31.4 Å². The van der Waals surface area contributed by atoms with Crippen LogP contribution in [-0.2, 0) is 16.4 Å². The third-order valence-corrected chi connectivity index (χ3v) is 5.79. The zero-order valence-electron chi connectivity index (χ0n) is 12.4. The van der Waals surface area contributed by atoms with Gasteiger partial charge in [-0.2, -0.15) is 0 Å². The highest BCUT2D eigenvalue weighted by molar-refractivity contribution is 7.91. The van der Waals surface area contributed by atoms with Crippen LogP contribution in [0.15, 0.2) is 18.2 Å². The summed E-state index contributed by atoms with van der Waals surface area (Å²) < 4.78 is 29.3. The van der Waals surface area contributed by atoms with Crippen molar-refractivity contribution in [2.24, 2.45) is 0 Å². The number of nitrogens with one attached hydrogen (secondary N) is 1. The summed E-state index contributed by atoms with van der Waals surface area (Å²) in [7, 11) is -1.12. The van der Waals surface area contributed by atoms with Crippen LogP contribution in [0.3, 0.4) is 0 Å². The number of hydrogen-bond acceptors (Lipinski definition) is 4. The molecule has 1 aromatic carbocycles. The molecule has 1 aliphatic rings. The van der Waals surface area contributed by atoms with Gasteiger partial charge >= 0.3 is 0 Å². The van der Waals surface area contributed by atoms with Crippen molar-refractivity contribution >= 4 is 21.4 Å². The number of halogens is 1. The lowest BCUT2D eigenvalue weighted by Crippen LogP contribution is -2.33. The highest BCUT2D eigenvalue weighted by Crippen LogP contribution is 2.31. The molecule has 1 N–H and O–H groups in total. The molecule has 0 aromatic heterocycles. The van der Waals surface area contributed by atoms with Crippen LogP contribution in [0.2, 0.25) is 5.02 Å². The van der Waals surface area contributed by atoms with E-state index in [1.165, 1.54) is 6.26 Å². The largest absolute Gasteiger partial charge is 0.489 e. The van der Waals surface area contributed by atoms with Crippen molar-refractivity contribution < 1.29 is 13.2 Å². The highest BCUT2D eigenvalue weighted by Gasteiger charge is 2.30. The van der Waals surface area contributed by atoms with Crippen LogP contribution in [0.5, 0.6) is 5.75 Å². The van der Waals surface area contributed by atoms with E-state index in [4.69, 9.17) is 16.3 Å². The Kier molecular flexibility index (Phi) is 5.52. The molecule has 0 heterocycles. The summed E-state index contributed by atoms with van der Waals surface area (Å²) in [5.41, 5.74) is 1.09. The fourth-order valence-corrected chi connectivity index (χ4v) is 4.14. The Labute approximate surface area is 131 Å². The molecule has 1 saturated carbocycles. The van der Waals surface area contributed by atoms with E-state index in [1.807, 2.05) is 25.2 Å². The smallest absolute Gasteiger partial charge is 0.150 e.